The van der Waals surface area contributed by atoms with E-state index in [4.69, 9.17) is 5.73 Å². The number of hydrogen-bond acceptors (Lipinski definition) is 5. The Hall–Kier alpha value is -2.80. The van der Waals surface area contributed by atoms with Gasteiger partial charge in [0.1, 0.15) is 0 Å². The lowest BCUT2D eigenvalue weighted by Gasteiger charge is -2.10. The topological polar surface area (TPSA) is 98.2 Å². The van der Waals surface area contributed by atoms with Crippen LogP contribution in [0.15, 0.2) is 30.3 Å². The van der Waals surface area contributed by atoms with Crippen LogP contribution in [-0.4, -0.2) is 25.5 Å². The Bertz CT molecular complexity index is 887. The van der Waals surface area contributed by atoms with E-state index in [-0.39, 0.29) is 12.5 Å². The number of amides is 1. The highest BCUT2D eigenvalue weighted by Crippen LogP contribution is 2.15. The van der Waals surface area contributed by atoms with Crippen molar-refractivity contribution in [3.8, 4) is 0 Å². The number of benzene rings is 1. The summed E-state index contributed by atoms with van der Waals surface area (Å²) in [5.41, 5.74) is 9.53. The summed E-state index contributed by atoms with van der Waals surface area (Å²) in [6.45, 7) is 4.71. The third-order valence-electron chi connectivity index (χ3n) is 4.21. The molecular weight excluding hydrogens is 316 g/mol. The number of aromatic nitrogens is 4. The van der Waals surface area contributed by atoms with Crippen LogP contribution in [0.2, 0.25) is 0 Å². The monoisotopic (exact) mass is 338 g/mol. The van der Waals surface area contributed by atoms with Crippen LogP contribution < -0.4 is 11.1 Å². The SMILES string of the molecule is Cc1nc2nc(CN)nn2c(C)c1CCC(=O)NCc1ccccc1. The molecule has 25 heavy (non-hydrogen) atoms. The minimum absolute atomic E-state index is 0.0176. The third-order valence-corrected chi connectivity index (χ3v) is 4.21. The Morgan fingerprint density at radius 3 is 2.68 bits per heavy atom. The number of aryl methyl sites for hydroxylation is 2. The van der Waals surface area contributed by atoms with Gasteiger partial charge in [-0.05, 0) is 31.4 Å². The molecule has 0 aliphatic rings. The Balaban J connectivity index is 1.67. The first-order chi connectivity index (χ1) is 12.1. The molecule has 7 nitrogen and oxygen atoms in total. The second kappa shape index (κ2) is 7.40. The Kier molecular flexibility index (Phi) is 5.04. The predicted molar refractivity (Wildman–Crippen MR) is 94.8 cm³/mol. The molecule has 0 unspecified atom stereocenters. The fraction of sp³-hybridized carbons (Fsp3) is 0.333. The lowest BCUT2D eigenvalue weighted by molar-refractivity contribution is -0.121. The second-order valence-electron chi connectivity index (χ2n) is 5.97. The number of nitrogens with zero attached hydrogens (tertiary/aromatic N) is 4. The lowest BCUT2D eigenvalue weighted by atomic mass is 10.1. The minimum Gasteiger partial charge on any atom is -0.352 e. The van der Waals surface area contributed by atoms with Gasteiger partial charge in [0.05, 0.1) is 6.54 Å². The number of nitrogens with two attached hydrogens (primary N) is 1. The molecule has 130 valence electrons. The summed E-state index contributed by atoms with van der Waals surface area (Å²) in [7, 11) is 0. The van der Waals surface area contributed by atoms with E-state index in [2.05, 4.69) is 20.4 Å². The van der Waals surface area contributed by atoms with Gasteiger partial charge in [0.2, 0.25) is 5.91 Å². The standard InChI is InChI=1S/C18H22N6O/c1-12-15(13(2)24-18(21-12)22-16(10-19)23-24)8-9-17(25)20-11-14-6-4-3-5-7-14/h3-7H,8-11,19H2,1-2H3,(H,20,25). The maximum absolute atomic E-state index is 12.1. The lowest BCUT2D eigenvalue weighted by Crippen LogP contribution is -2.23. The van der Waals surface area contributed by atoms with Crippen LogP contribution in [-0.2, 0) is 24.3 Å². The molecule has 1 aromatic carbocycles. The van der Waals surface area contributed by atoms with Crippen LogP contribution >= 0.6 is 0 Å². The normalized spacial score (nSPS) is 11.0. The number of rotatable bonds is 6. The van der Waals surface area contributed by atoms with Gasteiger partial charge in [-0.25, -0.2) is 9.50 Å². The van der Waals surface area contributed by atoms with Crippen LogP contribution in [0.3, 0.4) is 0 Å². The Morgan fingerprint density at radius 2 is 1.96 bits per heavy atom. The molecule has 0 atom stereocenters. The van der Waals surface area contributed by atoms with Crippen molar-refractivity contribution in [1.82, 2.24) is 24.9 Å². The van der Waals surface area contributed by atoms with Gasteiger partial charge in [-0.15, -0.1) is 5.10 Å². The van der Waals surface area contributed by atoms with Crippen molar-refractivity contribution in [2.75, 3.05) is 0 Å². The molecule has 7 heteroatoms. The van der Waals surface area contributed by atoms with Crippen molar-refractivity contribution in [2.45, 2.75) is 39.8 Å². The van der Waals surface area contributed by atoms with Crippen molar-refractivity contribution in [2.24, 2.45) is 5.73 Å². The summed E-state index contributed by atoms with van der Waals surface area (Å²) in [4.78, 5) is 20.9. The molecule has 3 aromatic rings. The van der Waals surface area contributed by atoms with Gasteiger partial charge in [-0.2, -0.15) is 4.98 Å². The van der Waals surface area contributed by atoms with E-state index in [0.29, 0.717) is 31.0 Å². The zero-order chi connectivity index (χ0) is 17.8. The average Bonchev–Trinajstić information content (AvgIpc) is 3.04. The molecule has 0 saturated carbocycles. The van der Waals surface area contributed by atoms with E-state index in [0.717, 1.165) is 22.5 Å². The largest absolute Gasteiger partial charge is 0.352 e. The molecule has 2 heterocycles. The van der Waals surface area contributed by atoms with E-state index in [1.54, 1.807) is 4.52 Å². The fourth-order valence-electron chi connectivity index (χ4n) is 2.82. The van der Waals surface area contributed by atoms with Gasteiger partial charge in [0, 0.05) is 24.4 Å². The molecule has 0 spiro atoms. The Morgan fingerprint density at radius 1 is 1.20 bits per heavy atom. The number of hydrogen-bond donors (Lipinski definition) is 2. The number of carbonyl (C=O) groups is 1. The van der Waals surface area contributed by atoms with Gasteiger partial charge in [-0.3, -0.25) is 4.79 Å². The van der Waals surface area contributed by atoms with Gasteiger partial charge < -0.3 is 11.1 Å². The molecule has 2 aromatic heterocycles. The van der Waals surface area contributed by atoms with Crippen LogP contribution in [0.5, 0.6) is 0 Å². The average molecular weight is 338 g/mol. The highest BCUT2D eigenvalue weighted by atomic mass is 16.1. The molecule has 0 bridgehead atoms. The van der Waals surface area contributed by atoms with Gasteiger partial charge >= 0.3 is 0 Å². The van der Waals surface area contributed by atoms with Gasteiger partial charge in [-0.1, -0.05) is 30.3 Å². The number of carbonyl (C=O) groups excluding carboxylic acids is 1. The van der Waals surface area contributed by atoms with E-state index >= 15 is 0 Å². The van der Waals surface area contributed by atoms with E-state index < -0.39 is 0 Å². The maximum Gasteiger partial charge on any atom is 0.252 e. The summed E-state index contributed by atoms with van der Waals surface area (Å²) in [5, 5.41) is 7.30. The van der Waals surface area contributed by atoms with Gasteiger partial charge in [0.25, 0.3) is 5.78 Å². The highest BCUT2D eigenvalue weighted by molar-refractivity contribution is 5.76. The zero-order valence-electron chi connectivity index (χ0n) is 14.5. The van der Waals surface area contributed by atoms with Crippen LogP contribution in [0.1, 0.15) is 34.8 Å². The zero-order valence-corrected chi connectivity index (χ0v) is 14.5. The molecule has 0 radical (unpaired) electrons. The van der Waals surface area contributed by atoms with Crippen molar-refractivity contribution in [3.63, 3.8) is 0 Å². The predicted octanol–water partition coefficient (Wildman–Crippen LogP) is 1.45. The molecule has 0 saturated heterocycles. The molecule has 0 aliphatic carbocycles. The van der Waals surface area contributed by atoms with E-state index in [9.17, 15) is 4.79 Å². The van der Waals surface area contributed by atoms with Crippen LogP contribution in [0.4, 0.5) is 0 Å². The second-order valence-corrected chi connectivity index (χ2v) is 5.97. The maximum atomic E-state index is 12.1. The highest BCUT2D eigenvalue weighted by Gasteiger charge is 2.14. The molecule has 0 aliphatic heterocycles. The Labute approximate surface area is 146 Å². The molecule has 3 rings (SSSR count). The quantitative estimate of drug-likeness (QED) is 0.709. The van der Waals surface area contributed by atoms with E-state index in [1.807, 2.05) is 44.2 Å². The van der Waals surface area contributed by atoms with Crippen molar-refractivity contribution in [1.29, 1.82) is 0 Å². The summed E-state index contributed by atoms with van der Waals surface area (Å²) < 4.78 is 1.70. The summed E-state index contributed by atoms with van der Waals surface area (Å²) in [5.74, 6) is 1.13. The first-order valence-corrected chi connectivity index (χ1v) is 8.31. The van der Waals surface area contributed by atoms with Crippen molar-refractivity contribution in [3.05, 3.63) is 58.7 Å². The van der Waals surface area contributed by atoms with Gasteiger partial charge in [0.15, 0.2) is 5.82 Å². The fourth-order valence-corrected chi connectivity index (χ4v) is 2.82. The molecular formula is C18H22N6O. The number of nitrogens with one attached hydrogen (secondary N) is 1. The van der Waals surface area contributed by atoms with Crippen molar-refractivity contribution >= 4 is 11.7 Å². The summed E-state index contributed by atoms with van der Waals surface area (Å²) in [6, 6.07) is 9.87. The summed E-state index contributed by atoms with van der Waals surface area (Å²) >= 11 is 0. The first-order valence-electron chi connectivity index (χ1n) is 8.31. The molecule has 3 N–H and O–H groups in total. The minimum atomic E-state index is 0.0176. The van der Waals surface area contributed by atoms with Crippen LogP contribution in [0, 0.1) is 13.8 Å². The third kappa shape index (κ3) is 3.83. The number of fused-ring (bicyclic) bond motifs is 1. The smallest absolute Gasteiger partial charge is 0.252 e. The molecule has 0 fully saturated rings. The first kappa shape index (κ1) is 17.0. The van der Waals surface area contributed by atoms with E-state index in [1.165, 1.54) is 0 Å². The van der Waals surface area contributed by atoms with Crippen LogP contribution in [0.25, 0.3) is 5.78 Å². The molecule has 1 amide bonds. The summed E-state index contributed by atoms with van der Waals surface area (Å²) in [6.07, 6.45) is 1.01. The van der Waals surface area contributed by atoms with Crippen molar-refractivity contribution < 1.29 is 4.79 Å².